The minimum Gasteiger partial charge on any atom is -0.0654 e. The minimum atomic E-state index is 0.658. The summed E-state index contributed by atoms with van der Waals surface area (Å²) in [5, 5.41) is 0. The summed E-state index contributed by atoms with van der Waals surface area (Å²) < 4.78 is 0. The van der Waals surface area contributed by atoms with Crippen LogP contribution in [0.25, 0.3) is 0 Å². The lowest BCUT2D eigenvalue weighted by Crippen LogP contribution is -2.24. The van der Waals surface area contributed by atoms with E-state index in [1.807, 2.05) is 0 Å². The molecule has 0 radical (unpaired) electrons. The van der Waals surface area contributed by atoms with Crippen LogP contribution in [0.2, 0.25) is 0 Å². The zero-order valence-electron chi connectivity index (χ0n) is 10.8. The third-order valence-corrected chi connectivity index (χ3v) is 4.75. The average Bonchev–Trinajstić information content (AvgIpc) is 2.41. The fourth-order valence-corrected chi connectivity index (χ4v) is 3.33. The van der Waals surface area contributed by atoms with Crippen molar-refractivity contribution >= 4 is 0 Å². The average molecular weight is 196 g/mol. The Morgan fingerprint density at radius 3 is 2.43 bits per heavy atom. The van der Waals surface area contributed by atoms with Crippen LogP contribution < -0.4 is 0 Å². The summed E-state index contributed by atoms with van der Waals surface area (Å²) in [6.07, 6.45) is 7.17. The molecule has 0 spiro atoms. The molecule has 0 heteroatoms. The van der Waals surface area contributed by atoms with Gasteiger partial charge in [-0.1, -0.05) is 47.5 Å². The van der Waals surface area contributed by atoms with Gasteiger partial charge in [0.2, 0.25) is 0 Å². The number of rotatable bonds is 4. The molecule has 84 valence electrons. The first-order chi connectivity index (χ1) is 6.51. The molecule has 3 unspecified atom stereocenters. The number of hydrogen-bond acceptors (Lipinski definition) is 0. The Labute approximate surface area is 90.5 Å². The van der Waals surface area contributed by atoms with Crippen LogP contribution in [0.1, 0.15) is 66.7 Å². The normalized spacial score (nSPS) is 38.1. The van der Waals surface area contributed by atoms with Gasteiger partial charge in [-0.3, -0.25) is 0 Å². The van der Waals surface area contributed by atoms with Gasteiger partial charge in [-0.2, -0.15) is 0 Å². The molecule has 1 rings (SSSR count). The fourth-order valence-electron chi connectivity index (χ4n) is 3.33. The molecular formula is C14H28. The molecule has 1 fully saturated rings. The van der Waals surface area contributed by atoms with Crippen LogP contribution in [0.3, 0.4) is 0 Å². The second-order valence-corrected chi connectivity index (χ2v) is 5.99. The Morgan fingerprint density at radius 1 is 1.36 bits per heavy atom. The predicted octanol–water partition coefficient (Wildman–Crippen LogP) is 4.89. The minimum absolute atomic E-state index is 0.658. The van der Waals surface area contributed by atoms with Crippen molar-refractivity contribution in [3.05, 3.63) is 0 Å². The highest BCUT2D eigenvalue weighted by Gasteiger charge is 2.42. The molecule has 0 saturated heterocycles. The summed E-state index contributed by atoms with van der Waals surface area (Å²) in [7, 11) is 0. The first-order valence-corrected chi connectivity index (χ1v) is 6.51. The summed E-state index contributed by atoms with van der Waals surface area (Å²) in [5.74, 6) is 2.80. The predicted molar refractivity (Wildman–Crippen MR) is 64.4 cm³/mol. The first kappa shape index (κ1) is 12.1. The molecule has 0 N–H and O–H groups in total. The lowest BCUT2D eigenvalue weighted by molar-refractivity contribution is 0.168. The molecule has 0 aromatic carbocycles. The van der Waals surface area contributed by atoms with E-state index < -0.39 is 0 Å². The van der Waals surface area contributed by atoms with E-state index in [1.165, 1.54) is 32.1 Å². The van der Waals surface area contributed by atoms with Gasteiger partial charge in [0, 0.05) is 0 Å². The summed E-state index contributed by atoms with van der Waals surface area (Å²) in [6, 6.07) is 0. The van der Waals surface area contributed by atoms with Gasteiger partial charge in [0.05, 0.1) is 0 Å². The SMILES string of the molecule is CCCCC1(C)CCC(C(C)C)C1C. The van der Waals surface area contributed by atoms with Crippen molar-refractivity contribution < 1.29 is 0 Å². The van der Waals surface area contributed by atoms with Gasteiger partial charge in [0.15, 0.2) is 0 Å². The van der Waals surface area contributed by atoms with Crippen LogP contribution in [-0.4, -0.2) is 0 Å². The van der Waals surface area contributed by atoms with Crippen molar-refractivity contribution in [1.82, 2.24) is 0 Å². The topological polar surface area (TPSA) is 0 Å². The standard InChI is InChI=1S/C14H28/c1-6-7-9-14(5)10-8-13(11(2)3)12(14)4/h11-13H,6-10H2,1-5H3. The van der Waals surface area contributed by atoms with Crippen LogP contribution in [0.4, 0.5) is 0 Å². The molecule has 0 aromatic heterocycles. The quantitative estimate of drug-likeness (QED) is 0.601. The summed E-state index contributed by atoms with van der Waals surface area (Å²) in [4.78, 5) is 0. The Kier molecular flexibility index (Phi) is 4.04. The highest BCUT2D eigenvalue weighted by atomic mass is 14.5. The van der Waals surface area contributed by atoms with E-state index in [0.717, 1.165) is 17.8 Å². The molecular weight excluding hydrogens is 168 g/mol. The molecule has 1 saturated carbocycles. The lowest BCUT2D eigenvalue weighted by Gasteiger charge is -2.33. The molecule has 0 amide bonds. The molecule has 0 heterocycles. The molecule has 0 aromatic rings. The van der Waals surface area contributed by atoms with E-state index in [4.69, 9.17) is 0 Å². The van der Waals surface area contributed by atoms with Crippen molar-refractivity contribution in [3.63, 3.8) is 0 Å². The molecule has 1 aliphatic carbocycles. The molecule has 3 atom stereocenters. The maximum Gasteiger partial charge on any atom is -0.0297 e. The first-order valence-electron chi connectivity index (χ1n) is 6.51. The maximum absolute atomic E-state index is 2.52. The van der Waals surface area contributed by atoms with Gasteiger partial charge in [-0.25, -0.2) is 0 Å². The Morgan fingerprint density at radius 2 is 2.00 bits per heavy atom. The van der Waals surface area contributed by atoms with Gasteiger partial charge in [-0.05, 0) is 42.4 Å². The Balaban J connectivity index is 2.56. The van der Waals surface area contributed by atoms with Gasteiger partial charge in [0.1, 0.15) is 0 Å². The van der Waals surface area contributed by atoms with Crippen LogP contribution in [0.15, 0.2) is 0 Å². The zero-order valence-corrected chi connectivity index (χ0v) is 10.8. The van der Waals surface area contributed by atoms with Crippen LogP contribution >= 0.6 is 0 Å². The molecule has 0 bridgehead atoms. The number of hydrogen-bond donors (Lipinski definition) is 0. The van der Waals surface area contributed by atoms with Crippen LogP contribution in [0, 0.1) is 23.2 Å². The van der Waals surface area contributed by atoms with E-state index >= 15 is 0 Å². The van der Waals surface area contributed by atoms with Crippen LogP contribution in [-0.2, 0) is 0 Å². The monoisotopic (exact) mass is 196 g/mol. The van der Waals surface area contributed by atoms with Gasteiger partial charge in [0.25, 0.3) is 0 Å². The van der Waals surface area contributed by atoms with Crippen molar-refractivity contribution in [2.75, 3.05) is 0 Å². The van der Waals surface area contributed by atoms with Crippen LogP contribution in [0.5, 0.6) is 0 Å². The number of unbranched alkanes of at least 4 members (excludes halogenated alkanes) is 1. The smallest absolute Gasteiger partial charge is 0.0297 e. The third-order valence-electron chi connectivity index (χ3n) is 4.75. The molecule has 0 nitrogen and oxygen atoms in total. The van der Waals surface area contributed by atoms with E-state index in [-0.39, 0.29) is 0 Å². The van der Waals surface area contributed by atoms with Gasteiger partial charge >= 0.3 is 0 Å². The Hall–Kier alpha value is 0. The van der Waals surface area contributed by atoms with E-state index in [2.05, 4.69) is 34.6 Å². The fraction of sp³-hybridized carbons (Fsp3) is 1.00. The zero-order chi connectivity index (χ0) is 10.8. The summed E-state index contributed by atoms with van der Waals surface area (Å²) in [5.41, 5.74) is 0.658. The Bertz CT molecular complexity index is 171. The second-order valence-electron chi connectivity index (χ2n) is 5.99. The van der Waals surface area contributed by atoms with Gasteiger partial charge < -0.3 is 0 Å². The lowest BCUT2D eigenvalue weighted by atomic mass is 9.73. The largest absolute Gasteiger partial charge is 0.0654 e. The molecule has 0 aliphatic heterocycles. The summed E-state index contributed by atoms with van der Waals surface area (Å²) in [6.45, 7) is 12.1. The maximum atomic E-state index is 2.52. The van der Waals surface area contributed by atoms with Crippen molar-refractivity contribution in [2.45, 2.75) is 66.7 Å². The van der Waals surface area contributed by atoms with Gasteiger partial charge in [-0.15, -0.1) is 0 Å². The third kappa shape index (κ3) is 2.32. The van der Waals surface area contributed by atoms with E-state index in [1.54, 1.807) is 0 Å². The van der Waals surface area contributed by atoms with Crippen molar-refractivity contribution in [1.29, 1.82) is 0 Å². The highest BCUT2D eigenvalue weighted by molar-refractivity contribution is 4.92. The van der Waals surface area contributed by atoms with Crippen molar-refractivity contribution in [2.24, 2.45) is 23.2 Å². The molecule has 14 heavy (non-hydrogen) atoms. The van der Waals surface area contributed by atoms with Crippen molar-refractivity contribution in [3.8, 4) is 0 Å². The van der Waals surface area contributed by atoms with E-state index in [0.29, 0.717) is 5.41 Å². The second kappa shape index (κ2) is 4.68. The summed E-state index contributed by atoms with van der Waals surface area (Å²) >= 11 is 0. The van der Waals surface area contributed by atoms with E-state index in [9.17, 15) is 0 Å². The molecule has 1 aliphatic rings. The highest BCUT2D eigenvalue weighted by Crippen LogP contribution is 2.51.